The average molecular weight is 337 g/mol. The zero-order valence-electron chi connectivity index (χ0n) is 12.5. The summed E-state index contributed by atoms with van der Waals surface area (Å²) >= 11 is 0. The van der Waals surface area contributed by atoms with Crippen molar-refractivity contribution < 1.29 is 23.1 Å². The van der Waals surface area contributed by atoms with Gasteiger partial charge in [-0.2, -0.15) is 8.42 Å². The highest BCUT2D eigenvalue weighted by molar-refractivity contribution is 7.92. The van der Waals surface area contributed by atoms with E-state index < -0.39 is 22.5 Å². The monoisotopic (exact) mass is 337 g/mol. The van der Waals surface area contributed by atoms with Crippen LogP contribution in [0.2, 0.25) is 0 Å². The van der Waals surface area contributed by atoms with E-state index in [2.05, 4.69) is 9.97 Å². The number of anilines is 1. The van der Waals surface area contributed by atoms with E-state index in [1.807, 2.05) is 0 Å². The summed E-state index contributed by atoms with van der Waals surface area (Å²) in [5.74, 6) is -1.01. The number of aromatic nitrogens is 2. The van der Waals surface area contributed by atoms with Crippen LogP contribution in [0.4, 0.5) is 5.69 Å². The Kier molecular flexibility index (Phi) is 4.80. The first-order chi connectivity index (χ1) is 10.9. The first-order valence-electron chi connectivity index (χ1n) is 6.52. The Hall–Kier alpha value is -2.68. The van der Waals surface area contributed by atoms with Crippen LogP contribution in [0.3, 0.4) is 0 Å². The molecule has 0 atom stereocenters. The second-order valence-corrected chi connectivity index (χ2v) is 6.37. The van der Waals surface area contributed by atoms with Crippen molar-refractivity contribution in [2.45, 2.75) is 11.9 Å². The fourth-order valence-corrected chi connectivity index (χ4v) is 3.47. The van der Waals surface area contributed by atoms with Crippen LogP contribution in [0.1, 0.15) is 5.56 Å². The van der Waals surface area contributed by atoms with Crippen LogP contribution >= 0.6 is 0 Å². The second-order valence-electron chi connectivity index (χ2n) is 4.59. The number of sulfonamides is 1. The molecule has 2 rings (SSSR count). The molecule has 23 heavy (non-hydrogen) atoms. The lowest BCUT2D eigenvalue weighted by Gasteiger charge is -2.22. The quantitative estimate of drug-likeness (QED) is 0.839. The number of methoxy groups -OCH3 is 1. The minimum Gasteiger partial charge on any atom is -0.481 e. The predicted molar refractivity (Wildman–Crippen MR) is 81.9 cm³/mol. The van der Waals surface area contributed by atoms with Crippen LogP contribution in [-0.4, -0.2) is 43.1 Å². The molecule has 0 bridgehead atoms. The summed E-state index contributed by atoms with van der Waals surface area (Å²) in [6, 6.07) is 6.06. The van der Waals surface area contributed by atoms with Gasteiger partial charge in [0.25, 0.3) is 10.0 Å². The average Bonchev–Trinajstić information content (AvgIpc) is 2.53. The molecular formula is C14H15N3O5S. The fraction of sp³-hybridized carbons (Fsp3) is 0.214. The van der Waals surface area contributed by atoms with Gasteiger partial charge in [0, 0.05) is 12.3 Å². The molecular weight excluding hydrogens is 322 g/mol. The molecule has 122 valence electrons. The first kappa shape index (κ1) is 16.7. The van der Waals surface area contributed by atoms with Gasteiger partial charge in [-0.1, -0.05) is 6.07 Å². The summed E-state index contributed by atoms with van der Waals surface area (Å²) in [4.78, 5) is 18.9. The van der Waals surface area contributed by atoms with Gasteiger partial charge >= 0.3 is 5.97 Å². The third kappa shape index (κ3) is 3.57. The molecule has 2 aromatic rings. The highest BCUT2D eigenvalue weighted by atomic mass is 32.2. The zero-order chi connectivity index (χ0) is 17.0. The van der Waals surface area contributed by atoms with Crippen molar-refractivity contribution in [2.75, 3.05) is 18.0 Å². The van der Waals surface area contributed by atoms with E-state index in [0.29, 0.717) is 5.56 Å². The Labute approximate surface area is 133 Å². The Morgan fingerprint density at radius 2 is 2.04 bits per heavy atom. The summed E-state index contributed by atoms with van der Waals surface area (Å²) in [5.41, 5.74) is 0.530. The molecule has 0 radical (unpaired) electrons. The summed E-state index contributed by atoms with van der Waals surface area (Å²) in [7, 11) is -2.72. The number of ether oxygens (including phenoxy) is 1. The van der Waals surface area contributed by atoms with Crippen molar-refractivity contribution in [1.29, 1.82) is 0 Å². The molecule has 0 aliphatic rings. The molecule has 0 saturated heterocycles. The summed E-state index contributed by atoms with van der Waals surface area (Å²) in [6.07, 6.45) is 2.57. The number of pyridine rings is 2. The normalized spacial score (nSPS) is 11.0. The third-order valence-corrected chi connectivity index (χ3v) is 4.83. The number of hydrogen-bond acceptors (Lipinski definition) is 6. The summed E-state index contributed by atoms with van der Waals surface area (Å²) in [5, 5.41) is 8.86. The van der Waals surface area contributed by atoms with Crippen LogP contribution in [0.5, 0.6) is 5.88 Å². The Morgan fingerprint density at radius 1 is 1.30 bits per heavy atom. The van der Waals surface area contributed by atoms with E-state index in [1.54, 1.807) is 19.1 Å². The fourth-order valence-electron chi connectivity index (χ4n) is 1.92. The molecule has 0 aliphatic carbocycles. The van der Waals surface area contributed by atoms with Gasteiger partial charge in [0.15, 0.2) is 5.03 Å². The maximum atomic E-state index is 12.8. The molecule has 9 heteroatoms. The first-order valence-corrected chi connectivity index (χ1v) is 7.96. The van der Waals surface area contributed by atoms with Crippen molar-refractivity contribution in [3.63, 3.8) is 0 Å². The lowest BCUT2D eigenvalue weighted by molar-refractivity contribution is -0.135. The molecule has 2 aromatic heterocycles. The van der Waals surface area contributed by atoms with Crippen LogP contribution in [-0.2, 0) is 14.8 Å². The lowest BCUT2D eigenvalue weighted by atomic mass is 10.3. The maximum absolute atomic E-state index is 12.8. The molecule has 0 saturated carbocycles. The van der Waals surface area contributed by atoms with E-state index in [-0.39, 0.29) is 16.6 Å². The summed E-state index contributed by atoms with van der Waals surface area (Å²) < 4.78 is 31.2. The van der Waals surface area contributed by atoms with Crippen molar-refractivity contribution in [2.24, 2.45) is 0 Å². The van der Waals surface area contributed by atoms with Gasteiger partial charge in [0.2, 0.25) is 5.88 Å². The number of aryl methyl sites for hydroxylation is 1. The molecule has 0 aromatic carbocycles. The Bertz CT molecular complexity index is 805. The molecule has 0 spiro atoms. The van der Waals surface area contributed by atoms with Crippen molar-refractivity contribution in [1.82, 2.24) is 9.97 Å². The van der Waals surface area contributed by atoms with Crippen molar-refractivity contribution in [3.05, 3.63) is 42.2 Å². The topological polar surface area (TPSA) is 110 Å². The molecule has 0 amide bonds. The summed E-state index contributed by atoms with van der Waals surface area (Å²) in [6.45, 7) is 0.845. The van der Waals surface area contributed by atoms with E-state index in [1.165, 1.54) is 31.6 Å². The van der Waals surface area contributed by atoms with Crippen molar-refractivity contribution >= 4 is 21.7 Å². The van der Waals surface area contributed by atoms with E-state index in [4.69, 9.17) is 9.84 Å². The molecule has 0 fully saturated rings. The van der Waals surface area contributed by atoms with Gasteiger partial charge in [-0.15, -0.1) is 0 Å². The predicted octanol–water partition coefficient (Wildman–Crippen LogP) is 1.07. The van der Waals surface area contributed by atoms with Gasteiger partial charge in [0.05, 0.1) is 19.0 Å². The third-order valence-electron chi connectivity index (χ3n) is 2.99. The largest absolute Gasteiger partial charge is 0.481 e. The number of carbonyl (C=O) groups is 1. The number of carboxylic acid groups (broad SMARTS) is 1. The highest BCUT2D eigenvalue weighted by Gasteiger charge is 2.29. The van der Waals surface area contributed by atoms with Crippen LogP contribution in [0, 0.1) is 6.92 Å². The lowest BCUT2D eigenvalue weighted by Crippen LogP contribution is -2.36. The zero-order valence-corrected chi connectivity index (χ0v) is 13.3. The molecule has 0 aliphatic heterocycles. The number of nitrogens with zero attached hydrogens (tertiary/aromatic N) is 3. The van der Waals surface area contributed by atoms with E-state index in [0.717, 1.165) is 4.31 Å². The highest BCUT2D eigenvalue weighted by Crippen LogP contribution is 2.24. The standard InChI is InChI=1S/C14H15N3O5S/c1-10-4-3-7-15-14(10)23(20,21)17(9-13(18)19)11-5-6-12(22-2)16-8-11/h3-8H,9H2,1-2H3,(H,18,19). The van der Waals surface area contributed by atoms with Crippen LogP contribution in [0.25, 0.3) is 0 Å². The Balaban J connectivity index is 2.53. The minimum absolute atomic E-state index is 0.109. The molecule has 1 N–H and O–H groups in total. The SMILES string of the molecule is COc1ccc(N(CC(=O)O)S(=O)(=O)c2ncccc2C)cn1. The molecule has 8 nitrogen and oxygen atoms in total. The molecule has 0 unspecified atom stereocenters. The van der Waals surface area contributed by atoms with Crippen LogP contribution < -0.4 is 9.04 Å². The maximum Gasteiger partial charge on any atom is 0.324 e. The number of hydrogen-bond donors (Lipinski definition) is 1. The second kappa shape index (κ2) is 6.61. The van der Waals surface area contributed by atoms with Gasteiger partial charge in [0.1, 0.15) is 6.54 Å². The number of rotatable bonds is 6. The number of carboxylic acids is 1. The van der Waals surface area contributed by atoms with E-state index in [9.17, 15) is 13.2 Å². The van der Waals surface area contributed by atoms with Crippen LogP contribution in [0.15, 0.2) is 41.7 Å². The smallest absolute Gasteiger partial charge is 0.324 e. The van der Waals surface area contributed by atoms with Gasteiger partial charge < -0.3 is 9.84 Å². The number of aliphatic carboxylic acids is 1. The minimum atomic E-state index is -4.14. The van der Waals surface area contributed by atoms with Gasteiger partial charge in [-0.25, -0.2) is 9.97 Å². The molecule has 2 heterocycles. The van der Waals surface area contributed by atoms with E-state index >= 15 is 0 Å². The van der Waals surface area contributed by atoms with Crippen molar-refractivity contribution in [3.8, 4) is 5.88 Å². The van der Waals surface area contributed by atoms with Gasteiger partial charge in [-0.3, -0.25) is 9.10 Å². The van der Waals surface area contributed by atoms with Gasteiger partial charge in [-0.05, 0) is 24.6 Å². The Morgan fingerprint density at radius 3 is 2.57 bits per heavy atom.